The van der Waals surface area contributed by atoms with Crippen LogP contribution in [0.25, 0.3) is 0 Å². The lowest BCUT2D eigenvalue weighted by Gasteiger charge is -2.20. The second kappa shape index (κ2) is 8.02. The van der Waals surface area contributed by atoms with E-state index in [4.69, 9.17) is 0 Å². The number of sulfonamides is 1. The van der Waals surface area contributed by atoms with E-state index in [0.717, 1.165) is 0 Å². The van der Waals surface area contributed by atoms with Gasteiger partial charge in [0.05, 0.1) is 28.6 Å². The SMILES string of the molecule is COC(=O)c1ccc(S(=O)(=O)N2CCC(c3ccccc3)S(=O)(=O)CC2)cc1. The van der Waals surface area contributed by atoms with Crippen molar-refractivity contribution in [2.75, 3.05) is 26.0 Å². The largest absolute Gasteiger partial charge is 0.465 e. The van der Waals surface area contributed by atoms with Crippen LogP contribution in [0.1, 0.15) is 27.6 Å². The highest BCUT2D eigenvalue weighted by Crippen LogP contribution is 2.31. The summed E-state index contributed by atoms with van der Waals surface area (Å²) in [6, 6.07) is 14.3. The summed E-state index contributed by atoms with van der Waals surface area (Å²) >= 11 is 0. The summed E-state index contributed by atoms with van der Waals surface area (Å²) in [5, 5.41) is -0.726. The van der Waals surface area contributed by atoms with Crippen molar-refractivity contribution in [3.05, 3.63) is 65.7 Å². The Morgan fingerprint density at radius 1 is 1.04 bits per heavy atom. The Labute approximate surface area is 164 Å². The van der Waals surface area contributed by atoms with Gasteiger partial charge in [0.2, 0.25) is 10.0 Å². The Morgan fingerprint density at radius 2 is 1.68 bits per heavy atom. The highest BCUT2D eigenvalue weighted by Gasteiger charge is 2.35. The van der Waals surface area contributed by atoms with E-state index in [0.29, 0.717) is 5.56 Å². The van der Waals surface area contributed by atoms with Crippen LogP contribution in [0.2, 0.25) is 0 Å². The lowest BCUT2D eigenvalue weighted by molar-refractivity contribution is 0.0600. The van der Waals surface area contributed by atoms with Gasteiger partial charge in [-0.3, -0.25) is 0 Å². The summed E-state index contributed by atoms with van der Waals surface area (Å²) in [4.78, 5) is 11.5. The fraction of sp³-hybridized carbons (Fsp3) is 0.316. The van der Waals surface area contributed by atoms with Gasteiger partial charge in [-0.15, -0.1) is 0 Å². The van der Waals surface area contributed by atoms with Gasteiger partial charge in [-0.05, 0) is 36.2 Å². The molecule has 0 amide bonds. The fourth-order valence-corrected chi connectivity index (χ4v) is 6.60. The number of nitrogens with zero attached hydrogens (tertiary/aromatic N) is 1. The molecule has 1 aliphatic rings. The molecule has 0 aliphatic carbocycles. The topological polar surface area (TPSA) is 97.8 Å². The first-order valence-corrected chi connectivity index (χ1v) is 11.9. The summed E-state index contributed by atoms with van der Waals surface area (Å²) in [6.07, 6.45) is 0.186. The molecule has 1 unspecified atom stereocenters. The molecule has 1 atom stereocenters. The first kappa shape index (κ1) is 20.5. The zero-order chi connectivity index (χ0) is 20.4. The molecule has 1 heterocycles. The minimum Gasteiger partial charge on any atom is -0.465 e. The van der Waals surface area contributed by atoms with Crippen LogP contribution >= 0.6 is 0 Å². The van der Waals surface area contributed by atoms with Crippen molar-refractivity contribution in [3.63, 3.8) is 0 Å². The molecule has 0 radical (unpaired) electrons. The Hall–Kier alpha value is -2.23. The predicted molar refractivity (Wildman–Crippen MR) is 104 cm³/mol. The molecule has 2 aromatic rings. The van der Waals surface area contributed by atoms with Gasteiger partial charge in [0.15, 0.2) is 9.84 Å². The van der Waals surface area contributed by atoms with Gasteiger partial charge >= 0.3 is 5.97 Å². The maximum Gasteiger partial charge on any atom is 0.337 e. The summed E-state index contributed by atoms with van der Waals surface area (Å²) in [6.45, 7) is -0.00731. The average Bonchev–Trinajstić information content (AvgIpc) is 2.86. The van der Waals surface area contributed by atoms with Crippen molar-refractivity contribution in [2.45, 2.75) is 16.6 Å². The lowest BCUT2D eigenvalue weighted by Crippen LogP contribution is -2.33. The Bertz CT molecular complexity index is 1050. The molecule has 1 aliphatic heterocycles. The van der Waals surface area contributed by atoms with Crippen LogP contribution in [-0.4, -0.2) is 53.1 Å². The zero-order valence-electron chi connectivity index (χ0n) is 15.3. The van der Waals surface area contributed by atoms with Gasteiger partial charge in [0.25, 0.3) is 0 Å². The van der Waals surface area contributed by atoms with Crippen LogP contribution in [0.15, 0.2) is 59.5 Å². The highest BCUT2D eigenvalue weighted by molar-refractivity contribution is 7.92. The number of hydrogen-bond donors (Lipinski definition) is 0. The van der Waals surface area contributed by atoms with Gasteiger partial charge in [-0.25, -0.2) is 21.6 Å². The second-order valence-corrected chi connectivity index (χ2v) is 10.7. The molecule has 0 saturated carbocycles. The number of methoxy groups -OCH3 is 1. The van der Waals surface area contributed by atoms with Crippen LogP contribution in [0.3, 0.4) is 0 Å². The maximum absolute atomic E-state index is 13.0. The maximum atomic E-state index is 13.0. The molecule has 3 rings (SSSR count). The quantitative estimate of drug-likeness (QED) is 0.698. The van der Waals surface area contributed by atoms with Crippen LogP contribution in [0.5, 0.6) is 0 Å². The molecule has 1 fully saturated rings. The van der Waals surface area contributed by atoms with E-state index in [1.807, 2.05) is 6.07 Å². The Balaban J connectivity index is 1.85. The van der Waals surface area contributed by atoms with Crippen LogP contribution in [0, 0.1) is 0 Å². The number of sulfone groups is 1. The van der Waals surface area contributed by atoms with Gasteiger partial charge in [-0.1, -0.05) is 30.3 Å². The smallest absolute Gasteiger partial charge is 0.337 e. The fourth-order valence-electron chi connectivity index (χ4n) is 3.24. The third kappa shape index (κ3) is 4.11. The van der Waals surface area contributed by atoms with Crippen molar-refractivity contribution in [1.29, 1.82) is 0 Å². The van der Waals surface area contributed by atoms with E-state index in [2.05, 4.69) is 4.74 Å². The number of esters is 1. The van der Waals surface area contributed by atoms with E-state index in [-0.39, 0.29) is 35.7 Å². The predicted octanol–water partition coefficient (Wildman–Crippen LogP) is 2.02. The van der Waals surface area contributed by atoms with Crippen molar-refractivity contribution >= 4 is 25.8 Å². The first-order chi connectivity index (χ1) is 13.3. The molecule has 28 heavy (non-hydrogen) atoms. The Kier molecular flexibility index (Phi) is 5.87. The summed E-state index contributed by atoms with van der Waals surface area (Å²) < 4.78 is 57.1. The van der Waals surface area contributed by atoms with Gasteiger partial charge in [0, 0.05) is 13.1 Å². The molecule has 0 spiro atoms. The highest BCUT2D eigenvalue weighted by atomic mass is 32.2. The Morgan fingerprint density at radius 3 is 2.29 bits per heavy atom. The van der Waals surface area contributed by atoms with Crippen molar-refractivity contribution in [1.82, 2.24) is 4.31 Å². The molecule has 7 nitrogen and oxygen atoms in total. The average molecular weight is 424 g/mol. The van der Waals surface area contributed by atoms with Crippen LogP contribution in [0.4, 0.5) is 0 Å². The number of carbonyl (C=O) groups is 1. The molecule has 0 aromatic heterocycles. The van der Waals surface area contributed by atoms with Crippen LogP contribution < -0.4 is 0 Å². The van der Waals surface area contributed by atoms with Crippen molar-refractivity contribution in [3.8, 4) is 0 Å². The zero-order valence-corrected chi connectivity index (χ0v) is 16.9. The molecule has 150 valence electrons. The molecular formula is C19H21NO6S2. The van der Waals surface area contributed by atoms with Crippen molar-refractivity contribution in [2.24, 2.45) is 0 Å². The lowest BCUT2D eigenvalue weighted by atomic mass is 10.1. The van der Waals surface area contributed by atoms with E-state index >= 15 is 0 Å². The number of carbonyl (C=O) groups excluding carboxylic acids is 1. The normalized spacial score (nSPS) is 20.2. The molecule has 2 aromatic carbocycles. The van der Waals surface area contributed by atoms with E-state index < -0.39 is 31.1 Å². The minimum absolute atomic E-state index is 0.00992. The van der Waals surface area contributed by atoms with E-state index in [9.17, 15) is 21.6 Å². The second-order valence-electron chi connectivity index (χ2n) is 6.48. The summed E-state index contributed by atoms with van der Waals surface area (Å²) in [5.74, 6) is -0.804. The standard InChI is InChI=1S/C19H21NO6S2/c1-26-19(21)16-7-9-17(10-8-16)28(24,25)20-12-11-18(27(22,23)14-13-20)15-5-3-2-4-6-15/h2-10,18H,11-14H2,1H3. The number of rotatable bonds is 4. The third-order valence-corrected chi connectivity index (χ3v) is 8.82. The molecule has 9 heteroatoms. The first-order valence-electron chi connectivity index (χ1n) is 8.71. The molecule has 1 saturated heterocycles. The summed E-state index contributed by atoms with van der Waals surface area (Å²) in [5.41, 5.74) is 0.910. The minimum atomic E-state index is -3.87. The van der Waals surface area contributed by atoms with Crippen molar-refractivity contribution < 1.29 is 26.4 Å². The summed E-state index contributed by atoms with van der Waals surface area (Å²) in [7, 11) is -6.11. The number of benzene rings is 2. The molecular weight excluding hydrogens is 402 g/mol. The monoisotopic (exact) mass is 423 g/mol. The van der Waals surface area contributed by atoms with E-state index in [1.165, 1.54) is 35.7 Å². The molecule has 0 bridgehead atoms. The number of ether oxygens (including phenoxy) is 1. The van der Waals surface area contributed by atoms with Gasteiger partial charge < -0.3 is 4.74 Å². The van der Waals surface area contributed by atoms with Gasteiger partial charge in [-0.2, -0.15) is 4.31 Å². The number of hydrogen-bond acceptors (Lipinski definition) is 6. The van der Waals surface area contributed by atoms with Crippen LogP contribution in [-0.2, 0) is 24.6 Å². The van der Waals surface area contributed by atoms with E-state index in [1.54, 1.807) is 24.3 Å². The third-order valence-electron chi connectivity index (χ3n) is 4.78. The molecule has 0 N–H and O–H groups in total. The van der Waals surface area contributed by atoms with Gasteiger partial charge in [0.1, 0.15) is 0 Å².